The molecule has 1 unspecified atom stereocenters. The Bertz CT molecular complexity index is 642. The number of likely N-dealkylation sites (N-methyl/N-ethyl adjacent to an activating group) is 1. The van der Waals surface area contributed by atoms with Gasteiger partial charge in [-0.3, -0.25) is 10.6 Å². The van der Waals surface area contributed by atoms with Crippen molar-refractivity contribution in [2.45, 2.75) is 70.4 Å². The molecule has 1 aliphatic rings. The minimum Gasteiger partial charge on any atom is -0.399 e. The van der Waals surface area contributed by atoms with Crippen LogP contribution in [-0.2, 0) is 10.2 Å². The van der Waals surface area contributed by atoms with Crippen molar-refractivity contribution in [2.24, 2.45) is 11.6 Å². The first-order valence-corrected chi connectivity index (χ1v) is 9.79. The van der Waals surface area contributed by atoms with Crippen LogP contribution < -0.4 is 27.2 Å². The molecule has 1 fully saturated rings. The first kappa shape index (κ1) is 21.1. The maximum Gasteiger partial charge on any atom is 0.249 e. The van der Waals surface area contributed by atoms with Crippen molar-refractivity contribution in [1.82, 2.24) is 10.7 Å². The number of hydrogen-bond acceptors (Lipinski definition) is 5. The molecular weight excluding hydrogens is 338 g/mol. The zero-order chi connectivity index (χ0) is 20.0. The highest BCUT2D eigenvalue weighted by Crippen LogP contribution is 2.26. The molecule has 0 aromatic heterocycles. The Morgan fingerprint density at radius 2 is 1.78 bits per heavy atom. The van der Waals surface area contributed by atoms with Crippen LogP contribution in [0.25, 0.3) is 0 Å². The van der Waals surface area contributed by atoms with Crippen LogP contribution >= 0.6 is 0 Å². The van der Waals surface area contributed by atoms with Gasteiger partial charge in [-0.25, -0.2) is 0 Å². The van der Waals surface area contributed by atoms with Crippen molar-refractivity contribution in [3.63, 3.8) is 0 Å². The highest BCUT2D eigenvalue weighted by atomic mass is 16.2. The molecule has 150 valence electrons. The highest BCUT2D eigenvalue weighted by Gasteiger charge is 2.29. The molecule has 1 atom stereocenters. The summed E-state index contributed by atoms with van der Waals surface area (Å²) in [4.78, 5) is 14.9. The molecule has 1 aliphatic carbocycles. The van der Waals surface area contributed by atoms with Crippen LogP contribution in [0.5, 0.6) is 0 Å². The van der Waals surface area contributed by atoms with E-state index in [1.807, 2.05) is 24.1 Å². The van der Waals surface area contributed by atoms with E-state index in [1.165, 1.54) is 18.2 Å². The Balaban J connectivity index is 2.21. The van der Waals surface area contributed by atoms with E-state index in [-0.39, 0.29) is 17.4 Å². The molecule has 1 aromatic carbocycles. The maximum atomic E-state index is 13.0. The summed E-state index contributed by atoms with van der Waals surface area (Å²) >= 11 is 0. The number of hydrazine groups is 1. The standard InChI is InChI=1S/C21H35N5O/c1-21(2,3)15-10-12-17(13-11-15)26(4)19(18(22)14-24-23)20(27)25-16-8-6-5-7-9-16/h10-14,16,19,24H,5-9,22-23H2,1-4H3,(H,25,27)/b18-14-. The van der Waals surface area contributed by atoms with E-state index in [0.717, 1.165) is 31.4 Å². The quantitative estimate of drug-likeness (QED) is 0.454. The molecule has 6 heteroatoms. The van der Waals surface area contributed by atoms with Crippen LogP contribution in [0.3, 0.4) is 0 Å². The van der Waals surface area contributed by atoms with Gasteiger partial charge in [0.15, 0.2) is 0 Å². The van der Waals surface area contributed by atoms with Crippen LogP contribution in [0.4, 0.5) is 5.69 Å². The van der Waals surface area contributed by atoms with E-state index in [9.17, 15) is 4.79 Å². The van der Waals surface area contributed by atoms with Gasteiger partial charge in [0.05, 0.1) is 5.70 Å². The number of nitrogens with zero attached hydrogens (tertiary/aromatic N) is 1. The fraction of sp³-hybridized carbons (Fsp3) is 0.571. The minimum absolute atomic E-state index is 0.0806. The van der Waals surface area contributed by atoms with Crippen LogP contribution in [0, 0.1) is 0 Å². The largest absolute Gasteiger partial charge is 0.399 e. The van der Waals surface area contributed by atoms with E-state index in [1.54, 1.807) is 0 Å². The lowest BCUT2D eigenvalue weighted by atomic mass is 9.87. The predicted octanol–water partition coefficient (Wildman–Crippen LogP) is 2.50. The van der Waals surface area contributed by atoms with E-state index >= 15 is 0 Å². The van der Waals surface area contributed by atoms with Crippen molar-refractivity contribution in [1.29, 1.82) is 0 Å². The summed E-state index contributed by atoms with van der Waals surface area (Å²) in [6.45, 7) is 6.54. The Morgan fingerprint density at radius 3 is 2.30 bits per heavy atom. The highest BCUT2D eigenvalue weighted by molar-refractivity contribution is 5.88. The van der Waals surface area contributed by atoms with Crippen LogP contribution in [0.2, 0.25) is 0 Å². The van der Waals surface area contributed by atoms with E-state index in [2.05, 4.69) is 43.6 Å². The Kier molecular flexibility index (Phi) is 7.13. The Morgan fingerprint density at radius 1 is 1.19 bits per heavy atom. The molecule has 6 nitrogen and oxygen atoms in total. The third kappa shape index (κ3) is 5.63. The number of nitrogens with one attached hydrogen (secondary N) is 2. The molecular formula is C21H35N5O. The molecule has 1 aromatic rings. The number of nitrogens with two attached hydrogens (primary N) is 2. The Hall–Kier alpha value is -2.21. The first-order valence-electron chi connectivity index (χ1n) is 9.79. The minimum atomic E-state index is -0.622. The fourth-order valence-electron chi connectivity index (χ4n) is 3.60. The van der Waals surface area contributed by atoms with Gasteiger partial charge in [-0.15, -0.1) is 0 Å². The van der Waals surface area contributed by atoms with Crippen molar-refractivity contribution in [3.8, 4) is 0 Å². The predicted molar refractivity (Wildman–Crippen MR) is 112 cm³/mol. The van der Waals surface area contributed by atoms with Gasteiger partial charge < -0.3 is 21.4 Å². The molecule has 6 N–H and O–H groups in total. The molecule has 2 rings (SSSR count). The van der Waals surface area contributed by atoms with Gasteiger partial charge in [0.2, 0.25) is 5.91 Å². The second-order valence-electron chi connectivity index (χ2n) is 8.46. The van der Waals surface area contributed by atoms with Crippen molar-refractivity contribution < 1.29 is 4.79 Å². The summed E-state index contributed by atoms with van der Waals surface area (Å²) in [5, 5.41) is 3.17. The maximum absolute atomic E-state index is 13.0. The fourth-order valence-corrected chi connectivity index (χ4v) is 3.60. The topological polar surface area (TPSA) is 96.4 Å². The lowest BCUT2D eigenvalue weighted by Gasteiger charge is -2.32. The summed E-state index contributed by atoms with van der Waals surface area (Å²) in [5.74, 6) is 5.31. The molecule has 1 saturated carbocycles. The van der Waals surface area contributed by atoms with Gasteiger partial charge in [0.25, 0.3) is 0 Å². The van der Waals surface area contributed by atoms with Gasteiger partial charge in [-0.1, -0.05) is 52.2 Å². The zero-order valence-corrected chi connectivity index (χ0v) is 17.1. The third-order valence-electron chi connectivity index (χ3n) is 5.29. The first-order chi connectivity index (χ1) is 12.7. The van der Waals surface area contributed by atoms with Crippen LogP contribution in [0.15, 0.2) is 36.2 Å². The van der Waals surface area contributed by atoms with Crippen molar-refractivity contribution in [2.75, 3.05) is 11.9 Å². The third-order valence-corrected chi connectivity index (χ3v) is 5.29. The van der Waals surface area contributed by atoms with Crippen molar-refractivity contribution in [3.05, 3.63) is 41.7 Å². The monoisotopic (exact) mass is 373 g/mol. The molecule has 0 saturated heterocycles. The second-order valence-corrected chi connectivity index (χ2v) is 8.46. The molecule has 0 bridgehead atoms. The van der Waals surface area contributed by atoms with E-state index in [4.69, 9.17) is 11.6 Å². The lowest BCUT2D eigenvalue weighted by Crippen LogP contribution is -2.51. The summed E-state index contributed by atoms with van der Waals surface area (Å²) in [7, 11) is 1.88. The van der Waals surface area contributed by atoms with Crippen LogP contribution in [0.1, 0.15) is 58.4 Å². The van der Waals surface area contributed by atoms with E-state index < -0.39 is 6.04 Å². The van der Waals surface area contributed by atoms with Gasteiger partial charge in [0.1, 0.15) is 6.04 Å². The summed E-state index contributed by atoms with van der Waals surface area (Å²) in [6.07, 6.45) is 7.10. The van der Waals surface area contributed by atoms with Crippen LogP contribution in [-0.4, -0.2) is 25.0 Å². The van der Waals surface area contributed by atoms with Crippen molar-refractivity contribution >= 4 is 11.6 Å². The lowest BCUT2D eigenvalue weighted by molar-refractivity contribution is -0.122. The number of hydrogen-bond donors (Lipinski definition) is 4. The number of carbonyl (C=O) groups excluding carboxylic acids is 1. The zero-order valence-electron chi connectivity index (χ0n) is 17.1. The van der Waals surface area contributed by atoms with E-state index in [0.29, 0.717) is 5.70 Å². The number of rotatable bonds is 6. The van der Waals surface area contributed by atoms with Gasteiger partial charge in [-0.2, -0.15) is 0 Å². The molecule has 0 heterocycles. The number of benzene rings is 1. The average Bonchev–Trinajstić information content (AvgIpc) is 2.62. The Labute approximate surface area is 163 Å². The smallest absolute Gasteiger partial charge is 0.249 e. The molecule has 27 heavy (non-hydrogen) atoms. The number of carbonyl (C=O) groups is 1. The molecule has 1 amide bonds. The molecule has 0 radical (unpaired) electrons. The summed E-state index contributed by atoms with van der Waals surface area (Å²) in [6, 6.07) is 7.87. The van der Waals surface area contributed by atoms with Gasteiger partial charge in [-0.05, 0) is 36.0 Å². The average molecular weight is 374 g/mol. The second kappa shape index (κ2) is 9.13. The summed E-state index contributed by atoms with van der Waals surface area (Å²) in [5.41, 5.74) is 11.3. The molecule has 0 aliphatic heterocycles. The van der Waals surface area contributed by atoms with Gasteiger partial charge >= 0.3 is 0 Å². The number of anilines is 1. The summed E-state index contributed by atoms with van der Waals surface area (Å²) < 4.78 is 0. The SMILES string of the molecule is CN(c1ccc(C(C)(C)C)cc1)C(C(=O)NC1CCCCC1)/C(N)=C/NN. The molecule has 0 spiro atoms. The van der Waals surface area contributed by atoms with Gasteiger partial charge in [0, 0.05) is 25.0 Å². The number of amides is 1. The normalized spacial score (nSPS) is 17.3.